The lowest BCUT2D eigenvalue weighted by molar-refractivity contribution is 0.214. The zero-order valence-corrected chi connectivity index (χ0v) is 10.2. The Kier molecular flexibility index (Phi) is 8.20. The minimum Gasteiger partial charge on any atom is -0.397 e. The van der Waals surface area contributed by atoms with Crippen LogP contribution < -0.4 is 5.32 Å². The van der Waals surface area contributed by atoms with Gasteiger partial charge in [0.25, 0.3) is 0 Å². The van der Waals surface area contributed by atoms with Gasteiger partial charge in [0.2, 0.25) is 0 Å². The maximum atomic E-state index is 7.57. The summed E-state index contributed by atoms with van der Waals surface area (Å²) in [5.41, 5.74) is 0. The van der Waals surface area contributed by atoms with Crippen molar-refractivity contribution < 1.29 is 5.11 Å². The Morgan fingerprint density at radius 3 is 2.14 bits per heavy atom. The molecule has 1 aliphatic rings. The molecule has 1 fully saturated rings. The summed E-state index contributed by atoms with van der Waals surface area (Å²) in [6, 6.07) is 0.795. The van der Waals surface area contributed by atoms with Crippen molar-refractivity contribution in [3.8, 4) is 0 Å². The predicted octanol–water partition coefficient (Wildman–Crippen LogP) is 2.42. The summed E-state index contributed by atoms with van der Waals surface area (Å²) in [6.45, 7) is 6.63. The molecule has 0 aromatic carbocycles. The van der Waals surface area contributed by atoms with E-state index in [0.717, 1.165) is 17.9 Å². The van der Waals surface area contributed by atoms with Crippen LogP contribution in [0, 0.1) is 11.8 Å². The fourth-order valence-corrected chi connectivity index (χ4v) is 2.32. The maximum absolute atomic E-state index is 7.57. The van der Waals surface area contributed by atoms with Crippen LogP contribution in [0.5, 0.6) is 0 Å². The van der Waals surface area contributed by atoms with E-state index in [1.165, 1.54) is 25.7 Å². The molecule has 2 atom stereocenters. The van der Waals surface area contributed by atoms with Gasteiger partial charge in [-0.05, 0) is 38.6 Å². The number of rotatable bonds is 2. The fraction of sp³-hybridized carbons (Fsp3) is 1.00. The standard InChI is InChI=1S/C10H21N.C2H6O/c1-8(2)9-6-4-5-7-10(9)11-3;1-2-3/h8-11H,4-7H2,1-3H3;3H,2H2,1H3. The molecule has 0 aromatic heterocycles. The topological polar surface area (TPSA) is 32.3 Å². The number of nitrogens with one attached hydrogen (secondary N) is 1. The number of aliphatic hydroxyl groups excluding tert-OH is 1. The number of aliphatic hydroxyl groups is 1. The van der Waals surface area contributed by atoms with Crippen LogP contribution in [0.1, 0.15) is 46.5 Å². The average molecular weight is 201 g/mol. The molecule has 14 heavy (non-hydrogen) atoms. The smallest absolute Gasteiger partial charge is 0.0402 e. The van der Waals surface area contributed by atoms with E-state index in [4.69, 9.17) is 5.11 Å². The summed E-state index contributed by atoms with van der Waals surface area (Å²) in [6.07, 6.45) is 5.69. The Balaban J connectivity index is 0.000000500. The quantitative estimate of drug-likeness (QED) is 0.719. The zero-order valence-electron chi connectivity index (χ0n) is 10.2. The van der Waals surface area contributed by atoms with Gasteiger partial charge in [-0.1, -0.05) is 26.7 Å². The van der Waals surface area contributed by atoms with Crippen molar-refractivity contribution in [1.82, 2.24) is 5.32 Å². The van der Waals surface area contributed by atoms with Crippen molar-refractivity contribution in [2.24, 2.45) is 11.8 Å². The van der Waals surface area contributed by atoms with Crippen LogP contribution in [-0.2, 0) is 0 Å². The van der Waals surface area contributed by atoms with Crippen LogP contribution >= 0.6 is 0 Å². The predicted molar refractivity (Wildman–Crippen MR) is 62.4 cm³/mol. The van der Waals surface area contributed by atoms with Crippen LogP contribution in [0.3, 0.4) is 0 Å². The van der Waals surface area contributed by atoms with Crippen LogP contribution in [0.2, 0.25) is 0 Å². The molecule has 0 saturated heterocycles. The lowest BCUT2D eigenvalue weighted by Gasteiger charge is -2.34. The lowest BCUT2D eigenvalue weighted by atomic mass is 9.78. The van der Waals surface area contributed by atoms with Crippen LogP contribution in [0.15, 0.2) is 0 Å². The van der Waals surface area contributed by atoms with Gasteiger partial charge < -0.3 is 10.4 Å². The molecule has 0 heterocycles. The third-order valence-corrected chi connectivity index (χ3v) is 3.05. The SMILES string of the molecule is CCO.CNC1CCCCC1C(C)C. The summed E-state index contributed by atoms with van der Waals surface area (Å²) in [7, 11) is 2.10. The largest absolute Gasteiger partial charge is 0.397 e. The van der Waals surface area contributed by atoms with Crippen molar-refractivity contribution >= 4 is 0 Å². The van der Waals surface area contributed by atoms with Gasteiger partial charge in [-0.15, -0.1) is 0 Å². The lowest BCUT2D eigenvalue weighted by Crippen LogP contribution is -2.38. The molecule has 0 bridgehead atoms. The molecule has 0 amide bonds. The minimum atomic E-state index is 0.250. The molecule has 2 unspecified atom stereocenters. The van der Waals surface area contributed by atoms with E-state index in [1.807, 2.05) is 0 Å². The van der Waals surface area contributed by atoms with E-state index in [-0.39, 0.29) is 6.61 Å². The van der Waals surface area contributed by atoms with Gasteiger partial charge in [-0.2, -0.15) is 0 Å². The second-order valence-corrected chi connectivity index (χ2v) is 4.40. The van der Waals surface area contributed by atoms with Gasteiger partial charge in [-0.3, -0.25) is 0 Å². The fourth-order valence-electron chi connectivity index (χ4n) is 2.32. The molecule has 0 radical (unpaired) electrons. The highest BCUT2D eigenvalue weighted by atomic mass is 16.2. The normalized spacial score (nSPS) is 27.0. The third kappa shape index (κ3) is 4.97. The van der Waals surface area contributed by atoms with Gasteiger partial charge in [0.05, 0.1) is 0 Å². The second kappa shape index (κ2) is 8.25. The maximum Gasteiger partial charge on any atom is 0.0402 e. The molecule has 0 spiro atoms. The highest BCUT2D eigenvalue weighted by Gasteiger charge is 2.25. The average Bonchev–Trinajstić information content (AvgIpc) is 2.19. The van der Waals surface area contributed by atoms with Gasteiger partial charge in [0.1, 0.15) is 0 Å². The zero-order chi connectivity index (χ0) is 11.0. The van der Waals surface area contributed by atoms with Crippen molar-refractivity contribution in [2.45, 2.75) is 52.5 Å². The summed E-state index contributed by atoms with van der Waals surface area (Å²) in [4.78, 5) is 0. The Morgan fingerprint density at radius 2 is 1.79 bits per heavy atom. The first kappa shape index (κ1) is 13.9. The number of hydrogen-bond donors (Lipinski definition) is 2. The van der Waals surface area contributed by atoms with Crippen LogP contribution in [0.4, 0.5) is 0 Å². The van der Waals surface area contributed by atoms with E-state index >= 15 is 0 Å². The Bertz CT molecular complexity index is 125. The monoisotopic (exact) mass is 201 g/mol. The highest BCUT2D eigenvalue weighted by molar-refractivity contribution is 4.81. The molecule has 0 aromatic rings. The van der Waals surface area contributed by atoms with Gasteiger partial charge in [0.15, 0.2) is 0 Å². The first-order chi connectivity index (χ1) is 6.67. The first-order valence-corrected chi connectivity index (χ1v) is 5.95. The Labute approximate surface area is 89.1 Å². The molecule has 2 nitrogen and oxygen atoms in total. The molecule has 86 valence electrons. The molecular weight excluding hydrogens is 174 g/mol. The van der Waals surface area contributed by atoms with E-state index in [0.29, 0.717) is 0 Å². The third-order valence-electron chi connectivity index (χ3n) is 3.05. The van der Waals surface area contributed by atoms with E-state index in [9.17, 15) is 0 Å². The summed E-state index contributed by atoms with van der Waals surface area (Å²) in [5.74, 6) is 1.78. The molecule has 1 rings (SSSR count). The van der Waals surface area contributed by atoms with E-state index < -0.39 is 0 Å². The Morgan fingerprint density at radius 1 is 1.29 bits per heavy atom. The summed E-state index contributed by atoms with van der Waals surface area (Å²) in [5, 5.41) is 11.0. The van der Waals surface area contributed by atoms with Crippen molar-refractivity contribution in [2.75, 3.05) is 13.7 Å². The van der Waals surface area contributed by atoms with E-state index in [2.05, 4.69) is 26.2 Å². The molecule has 0 aliphatic heterocycles. The van der Waals surface area contributed by atoms with Crippen LogP contribution in [0.25, 0.3) is 0 Å². The Hall–Kier alpha value is -0.0800. The van der Waals surface area contributed by atoms with Crippen LogP contribution in [-0.4, -0.2) is 24.8 Å². The molecule has 2 heteroatoms. The van der Waals surface area contributed by atoms with Crippen molar-refractivity contribution in [1.29, 1.82) is 0 Å². The van der Waals surface area contributed by atoms with Crippen molar-refractivity contribution in [3.63, 3.8) is 0 Å². The van der Waals surface area contributed by atoms with Gasteiger partial charge >= 0.3 is 0 Å². The molecule has 2 N–H and O–H groups in total. The van der Waals surface area contributed by atoms with Crippen molar-refractivity contribution in [3.05, 3.63) is 0 Å². The summed E-state index contributed by atoms with van der Waals surface area (Å²) >= 11 is 0. The highest BCUT2D eigenvalue weighted by Crippen LogP contribution is 2.29. The van der Waals surface area contributed by atoms with Gasteiger partial charge in [0, 0.05) is 12.6 Å². The number of hydrogen-bond acceptors (Lipinski definition) is 2. The van der Waals surface area contributed by atoms with Gasteiger partial charge in [-0.25, -0.2) is 0 Å². The van der Waals surface area contributed by atoms with E-state index in [1.54, 1.807) is 6.92 Å². The molecule has 1 saturated carbocycles. The minimum absolute atomic E-state index is 0.250. The second-order valence-electron chi connectivity index (χ2n) is 4.40. The first-order valence-electron chi connectivity index (χ1n) is 5.95. The molecule has 1 aliphatic carbocycles. The summed E-state index contributed by atoms with van der Waals surface area (Å²) < 4.78 is 0. The molecular formula is C12H27NO.